The smallest absolute Gasteiger partial charge is 0.331 e. The molecule has 0 radical (unpaired) electrons. The highest BCUT2D eigenvalue weighted by molar-refractivity contribution is 7.21. The van der Waals surface area contributed by atoms with E-state index < -0.39 is 0 Å². The number of ether oxygens (including phenoxy) is 1. The molecule has 3 aromatic heterocycles. The predicted molar refractivity (Wildman–Crippen MR) is 158 cm³/mol. The van der Waals surface area contributed by atoms with E-state index in [2.05, 4.69) is 27.6 Å². The zero-order chi connectivity index (χ0) is 27.1. The van der Waals surface area contributed by atoms with Gasteiger partial charge in [-0.2, -0.15) is 0 Å². The topological polar surface area (TPSA) is 86.8 Å². The molecule has 6 rings (SSSR count). The van der Waals surface area contributed by atoms with E-state index in [1.807, 2.05) is 30.5 Å². The second-order valence-corrected chi connectivity index (χ2v) is 12.2. The lowest BCUT2D eigenvalue weighted by Gasteiger charge is -2.31. The normalized spacial score (nSPS) is 16.0. The van der Waals surface area contributed by atoms with Gasteiger partial charge in [-0.1, -0.05) is 24.6 Å². The molecule has 11 heteroatoms. The van der Waals surface area contributed by atoms with Gasteiger partial charge in [0.25, 0.3) is 5.91 Å². The van der Waals surface area contributed by atoms with Crippen LogP contribution in [-0.2, 0) is 13.0 Å². The zero-order valence-corrected chi connectivity index (χ0v) is 24.0. The summed E-state index contributed by atoms with van der Waals surface area (Å²) in [7, 11) is 2.09. The number of thiophene rings is 2. The van der Waals surface area contributed by atoms with Crippen LogP contribution in [0.15, 0.2) is 41.9 Å². The third-order valence-electron chi connectivity index (χ3n) is 7.19. The molecule has 0 atom stereocenters. The molecule has 0 saturated carbocycles. The number of pyridine rings is 1. The number of halogens is 1. The van der Waals surface area contributed by atoms with Gasteiger partial charge in [-0.15, -0.1) is 22.7 Å². The maximum Gasteiger partial charge on any atom is 0.331 e. The van der Waals surface area contributed by atoms with Gasteiger partial charge in [0.05, 0.1) is 27.5 Å². The fourth-order valence-electron chi connectivity index (χ4n) is 5.09. The number of aromatic nitrogens is 1. The Kier molecular flexibility index (Phi) is 7.20. The van der Waals surface area contributed by atoms with Crippen LogP contribution in [-0.4, -0.2) is 48.0 Å². The fraction of sp³-hybridized carbons (Fsp3) is 0.321. The lowest BCUT2D eigenvalue weighted by Crippen LogP contribution is -2.43. The molecule has 1 fully saturated rings. The molecule has 5 heterocycles. The van der Waals surface area contributed by atoms with Gasteiger partial charge in [-0.25, -0.2) is 9.78 Å². The van der Waals surface area contributed by atoms with E-state index in [9.17, 15) is 9.59 Å². The molecular weight excluding hydrogens is 554 g/mol. The Labute approximate surface area is 239 Å². The van der Waals surface area contributed by atoms with Crippen LogP contribution in [0.4, 0.5) is 21.9 Å². The lowest BCUT2D eigenvalue weighted by molar-refractivity contribution is 0.0922. The molecular formula is C28H28ClN5O3S2. The number of nitrogens with one attached hydrogen (secondary N) is 2. The minimum Gasteiger partial charge on any atom is -0.487 e. The number of hydrogen-bond acceptors (Lipinski definition) is 7. The predicted octanol–water partition coefficient (Wildman–Crippen LogP) is 6.66. The number of anilines is 3. The SMILES string of the molecule is CCc1cnc2sc(C(=O)NC3CCN(C)CC3)c3c2c1N(c1ccc(OCc2cccs2)c(Cl)c1)C(=O)N3. The first-order chi connectivity index (χ1) is 18.9. The van der Waals surface area contributed by atoms with E-state index in [0.717, 1.165) is 47.4 Å². The largest absolute Gasteiger partial charge is 0.487 e. The minimum absolute atomic E-state index is 0.114. The minimum atomic E-state index is -0.347. The summed E-state index contributed by atoms with van der Waals surface area (Å²) in [6, 6.07) is 9.10. The molecule has 202 valence electrons. The van der Waals surface area contributed by atoms with Crippen molar-refractivity contribution in [3.8, 4) is 5.75 Å². The molecule has 2 N–H and O–H groups in total. The Morgan fingerprint density at radius 1 is 1.28 bits per heavy atom. The van der Waals surface area contributed by atoms with Crippen LogP contribution in [0.3, 0.4) is 0 Å². The maximum absolute atomic E-state index is 13.6. The first-order valence-electron chi connectivity index (χ1n) is 12.9. The van der Waals surface area contributed by atoms with Crippen molar-refractivity contribution < 1.29 is 14.3 Å². The number of carbonyl (C=O) groups is 2. The third kappa shape index (κ3) is 4.98. The van der Waals surface area contributed by atoms with Gasteiger partial charge in [-0.05, 0) is 74.6 Å². The highest BCUT2D eigenvalue weighted by atomic mass is 35.5. The number of rotatable bonds is 7. The lowest BCUT2D eigenvalue weighted by atomic mass is 10.0. The van der Waals surface area contributed by atoms with E-state index in [1.165, 1.54) is 11.3 Å². The molecule has 8 nitrogen and oxygen atoms in total. The third-order valence-corrected chi connectivity index (χ3v) is 9.43. The quantitative estimate of drug-likeness (QED) is 0.255. The molecule has 1 aromatic carbocycles. The second kappa shape index (κ2) is 10.8. The van der Waals surface area contributed by atoms with Gasteiger partial charge in [0.1, 0.15) is 22.1 Å². The monoisotopic (exact) mass is 581 g/mol. The average molecular weight is 582 g/mol. The molecule has 1 saturated heterocycles. The summed E-state index contributed by atoms with van der Waals surface area (Å²) in [6.07, 6.45) is 4.27. The van der Waals surface area contributed by atoms with E-state index >= 15 is 0 Å². The summed E-state index contributed by atoms with van der Waals surface area (Å²) in [5.41, 5.74) is 2.78. The van der Waals surface area contributed by atoms with Crippen molar-refractivity contribution in [1.82, 2.24) is 15.2 Å². The molecule has 2 aliphatic heterocycles. The van der Waals surface area contributed by atoms with Crippen LogP contribution in [0.5, 0.6) is 5.75 Å². The number of likely N-dealkylation sites (tertiary alicyclic amines) is 1. The highest BCUT2D eigenvalue weighted by Gasteiger charge is 2.35. The maximum atomic E-state index is 13.6. The van der Waals surface area contributed by atoms with Gasteiger partial charge >= 0.3 is 6.03 Å². The van der Waals surface area contributed by atoms with Crippen molar-refractivity contribution in [2.75, 3.05) is 30.4 Å². The standard InChI is InChI=1S/C28H28ClN5O3S2/c1-3-16-14-30-27-22-23(25(39-27)26(35)31-17-8-10-33(2)11-9-17)32-28(36)34(24(16)22)18-6-7-21(20(29)13-18)37-15-19-5-4-12-38-19/h4-7,12-14,17H,3,8-11,15H2,1-2H3,(H,31,35)(H,32,36). The number of amides is 3. The van der Waals surface area contributed by atoms with Crippen molar-refractivity contribution >= 4 is 73.5 Å². The number of nitrogens with zero attached hydrogens (tertiary/aromatic N) is 3. The molecule has 0 unspecified atom stereocenters. The molecule has 0 aliphatic carbocycles. The first kappa shape index (κ1) is 26.1. The van der Waals surface area contributed by atoms with Gasteiger partial charge in [0, 0.05) is 17.1 Å². The van der Waals surface area contributed by atoms with Gasteiger partial charge in [0.2, 0.25) is 0 Å². The van der Waals surface area contributed by atoms with Crippen molar-refractivity contribution in [2.45, 2.75) is 38.8 Å². The number of urea groups is 1. The van der Waals surface area contributed by atoms with Crippen LogP contribution in [0.2, 0.25) is 5.02 Å². The zero-order valence-electron chi connectivity index (χ0n) is 21.6. The molecule has 39 heavy (non-hydrogen) atoms. The summed E-state index contributed by atoms with van der Waals surface area (Å²) in [5, 5.41) is 9.36. The number of carbonyl (C=O) groups excluding carboxylic acids is 2. The van der Waals surface area contributed by atoms with Crippen LogP contribution < -0.4 is 20.3 Å². The number of benzene rings is 1. The summed E-state index contributed by atoms with van der Waals surface area (Å²) >= 11 is 9.54. The van der Waals surface area contributed by atoms with Crippen LogP contribution in [0, 0.1) is 0 Å². The number of hydrogen-bond donors (Lipinski definition) is 2. The van der Waals surface area contributed by atoms with Crippen molar-refractivity contribution in [2.24, 2.45) is 0 Å². The first-order valence-corrected chi connectivity index (χ1v) is 15.0. The van der Waals surface area contributed by atoms with Crippen molar-refractivity contribution in [3.05, 3.63) is 62.2 Å². The Hall–Kier alpha value is -3.18. The second-order valence-electron chi connectivity index (χ2n) is 9.77. The Morgan fingerprint density at radius 2 is 2.10 bits per heavy atom. The van der Waals surface area contributed by atoms with E-state index in [0.29, 0.717) is 44.9 Å². The molecule has 0 bridgehead atoms. The Balaban J connectivity index is 1.34. The molecule has 4 aromatic rings. The van der Waals surface area contributed by atoms with Gasteiger partial charge < -0.3 is 20.3 Å². The van der Waals surface area contributed by atoms with E-state index in [-0.39, 0.29) is 18.0 Å². The summed E-state index contributed by atoms with van der Waals surface area (Å²) in [6.45, 7) is 4.34. The van der Waals surface area contributed by atoms with Crippen LogP contribution in [0.25, 0.3) is 10.2 Å². The molecule has 2 aliphatic rings. The van der Waals surface area contributed by atoms with E-state index in [1.54, 1.807) is 34.6 Å². The van der Waals surface area contributed by atoms with Gasteiger partial charge in [-0.3, -0.25) is 9.69 Å². The highest BCUT2D eigenvalue weighted by Crippen LogP contribution is 2.48. The Morgan fingerprint density at radius 3 is 2.82 bits per heavy atom. The van der Waals surface area contributed by atoms with Crippen molar-refractivity contribution in [3.63, 3.8) is 0 Å². The van der Waals surface area contributed by atoms with Crippen LogP contribution >= 0.6 is 34.3 Å². The molecule has 0 spiro atoms. The van der Waals surface area contributed by atoms with Gasteiger partial charge in [0.15, 0.2) is 0 Å². The summed E-state index contributed by atoms with van der Waals surface area (Å²) < 4.78 is 5.91. The fourth-order valence-corrected chi connectivity index (χ4v) is 6.94. The van der Waals surface area contributed by atoms with Crippen molar-refractivity contribution in [1.29, 1.82) is 0 Å². The Bertz CT molecular complexity index is 1550. The number of aryl methyl sites for hydroxylation is 1. The average Bonchev–Trinajstić information content (AvgIpc) is 3.58. The number of piperidine rings is 1. The summed E-state index contributed by atoms with van der Waals surface area (Å²) in [4.78, 5) is 37.8. The van der Waals surface area contributed by atoms with E-state index in [4.69, 9.17) is 16.3 Å². The summed E-state index contributed by atoms with van der Waals surface area (Å²) in [5.74, 6) is 0.376. The molecule has 3 amide bonds. The van der Waals surface area contributed by atoms with Crippen LogP contribution in [0.1, 0.15) is 39.9 Å².